The lowest BCUT2D eigenvalue weighted by Crippen LogP contribution is -2.41. The Hall–Kier alpha value is -1.93. The van der Waals surface area contributed by atoms with Crippen molar-refractivity contribution in [3.63, 3.8) is 0 Å². The second-order valence-corrected chi connectivity index (χ2v) is 10.8. The van der Waals surface area contributed by atoms with Crippen LogP contribution in [0.3, 0.4) is 0 Å². The maximum Gasteiger partial charge on any atom is 0.341 e. The van der Waals surface area contributed by atoms with Crippen LogP contribution in [-0.4, -0.2) is 42.3 Å². The number of hydrogen-bond acceptors (Lipinski definition) is 6. The molecular weight excluding hydrogens is 418 g/mol. The zero-order valence-electron chi connectivity index (χ0n) is 18.5. The van der Waals surface area contributed by atoms with E-state index in [0.717, 1.165) is 36.1 Å². The molecule has 1 amide bonds. The largest absolute Gasteiger partial charge is 0.481 e. The molecule has 8 heteroatoms. The summed E-state index contributed by atoms with van der Waals surface area (Å²) in [5.74, 6) is -2.92. The number of carboxylic acids is 1. The first-order chi connectivity index (χ1) is 14.7. The number of nitrogens with one attached hydrogen (secondary N) is 1. The summed E-state index contributed by atoms with van der Waals surface area (Å²) < 4.78 is 10.8. The highest BCUT2D eigenvalue weighted by atomic mass is 32.1. The number of anilines is 1. The number of ether oxygens (including phenoxy) is 2. The van der Waals surface area contributed by atoms with Crippen LogP contribution in [0.15, 0.2) is 0 Å². The number of fused-ring (bicyclic) bond motifs is 3. The first-order valence-electron chi connectivity index (χ1n) is 11.1. The third-order valence-corrected chi connectivity index (χ3v) is 8.94. The van der Waals surface area contributed by atoms with Crippen molar-refractivity contribution in [3.8, 4) is 0 Å². The molecule has 2 bridgehead atoms. The molecule has 1 aliphatic carbocycles. The van der Waals surface area contributed by atoms with E-state index in [-0.39, 0.29) is 17.4 Å². The van der Waals surface area contributed by atoms with Crippen molar-refractivity contribution in [3.05, 3.63) is 16.0 Å². The van der Waals surface area contributed by atoms with E-state index in [1.807, 2.05) is 0 Å². The molecule has 170 valence electrons. The van der Waals surface area contributed by atoms with E-state index < -0.39 is 29.9 Å². The number of rotatable bonds is 6. The van der Waals surface area contributed by atoms with Crippen LogP contribution in [0.25, 0.3) is 0 Å². The molecule has 1 aromatic rings. The molecule has 0 aromatic carbocycles. The summed E-state index contributed by atoms with van der Waals surface area (Å²) in [7, 11) is 1.34. The smallest absolute Gasteiger partial charge is 0.341 e. The fraction of sp³-hybridized carbons (Fsp3) is 0.696. The number of methoxy groups -OCH3 is 1. The molecule has 3 heterocycles. The predicted octanol–water partition coefficient (Wildman–Crippen LogP) is 3.89. The van der Waals surface area contributed by atoms with Gasteiger partial charge in [0, 0.05) is 4.88 Å². The van der Waals surface area contributed by atoms with Gasteiger partial charge in [-0.05, 0) is 49.0 Å². The number of thiophene rings is 1. The van der Waals surface area contributed by atoms with Crippen molar-refractivity contribution in [1.82, 2.24) is 0 Å². The van der Waals surface area contributed by atoms with Gasteiger partial charge in [0.05, 0.1) is 36.7 Å². The van der Waals surface area contributed by atoms with E-state index in [4.69, 9.17) is 9.47 Å². The lowest BCUT2D eigenvalue weighted by Gasteiger charge is -2.36. The fourth-order valence-corrected chi connectivity index (χ4v) is 6.79. The summed E-state index contributed by atoms with van der Waals surface area (Å²) in [6, 6.07) is 0. The highest BCUT2D eigenvalue weighted by Gasteiger charge is 2.55. The zero-order valence-corrected chi connectivity index (χ0v) is 19.3. The summed E-state index contributed by atoms with van der Waals surface area (Å²) in [4.78, 5) is 38.7. The van der Waals surface area contributed by atoms with E-state index in [1.165, 1.54) is 18.4 Å². The molecule has 31 heavy (non-hydrogen) atoms. The number of carbonyl (C=O) groups is 3. The van der Waals surface area contributed by atoms with Crippen LogP contribution < -0.4 is 5.32 Å². The van der Waals surface area contributed by atoms with Crippen LogP contribution in [0, 0.1) is 23.2 Å². The minimum atomic E-state index is -1.00. The molecule has 2 N–H and O–H groups in total. The standard InChI is InChI=1S/C23H31NO6S/c1-5-23(2,3)11-6-7-12-15(10-11)31-20(16(12)22(28)29-4)24-19(25)17-13-8-9-14(30-13)18(17)21(26)27/h11,13-14,17-18H,5-10H2,1-4H3,(H,24,25)(H,26,27)/t11-,13+,14-,17-,18+/m1/s1. The summed E-state index contributed by atoms with van der Waals surface area (Å²) >= 11 is 1.43. The van der Waals surface area contributed by atoms with Crippen LogP contribution in [0.1, 0.15) is 67.3 Å². The Kier molecular flexibility index (Phi) is 5.89. The molecule has 2 aliphatic heterocycles. The minimum Gasteiger partial charge on any atom is -0.481 e. The molecule has 3 aliphatic rings. The number of carboxylic acid groups (broad SMARTS) is 1. The van der Waals surface area contributed by atoms with Crippen LogP contribution in [0.5, 0.6) is 0 Å². The van der Waals surface area contributed by atoms with Gasteiger partial charge in [0.1, 0.15) is 5.00 Å². The highest BCUT2D eigenvalue weighted by molar-refractivity contribution is 7.17. The van der Waals surface area contributed by atoms with Crippen molar-refractivity contribution in [2.24, 2.45) is 23.2 Å². The van der Waals surface area contributed by atoms with Gasteiger partial charge in [0.2, 0.25) is 5.91 Å². The van der Waals surface area contributed by atoms with Crippen molar-refractivity contribution in [2.75, 3.05) is 12.4 Å². The number of esters is 1. The molecule has 5 atom stereocenters. The number of amides is 1. The molecule has 0 saturated carbocycles. The molecule has 0 spiro atoms. The second-order valence-electron chi connectivity index (χ2n) is 9.65. The molecule has 4 rings (SSSR count). The molecule has 7 nitrogen and oxygen atoms in total. The van der Waals surface area contributed by atoms with Crippen LogP contribution >= 0.6 is 11.3 Å². The topological polar surface area (TPSA) is 102 Å². The number of carbonyl (C=O) groups excluding carboxylic acids is 2. The van der Waals surface area contributed by atoms with Crippen molar-refractivity contribution >= 4 is 34.2 Å². The summed E-state index contributed by atoms with van der Waals surface area (Å²) in [5.41, 5.74) is 1.60. The van der Waals surface area contributed by atoms with Crippen LogP contribution in [0.2, 0.25) is 0 Å². The first kappa shape index (κ1) is 22.3. The van der Waals surface area contributed by atoms with Gasteiger partial charge in [0.25, 0.3) is 0 Å². The van der Waals surface area contributed by atoms with Gasteiger partial charge >= 0.3 is 11.9 Å². The van der Waals surface area contributed by atoms with E-state index >= 15 is 0 Å². The molecule has 1 aromatic heterocycles. The molecule has 0 unspecified atom stereocenters. The molecule has 2 saturated heterocycles. The molecule has 0 radical (unpaired) electrons. The Morgan fingerprint density at radius 2 is 1.87 bits per heavy atom. The Morgan fingerprint density at radius 3 is 2.48 bits per heavy atom. The van der Waals surface area contributed by atoms with Gasteiger partial charge in [0.15, 0.2) is 0 Å². The third kappa shape index (κ3) is 3.78. The highest BCUT2D eigenvalue weighted by Crippen LogP contribution is 2.47. The van der Waals surface area contributed by atoms with Crippen LogP contribution in [-0.2, 0) is 31.9 Å². The number of hydrogen-bond donors (Lipinski definition) is 2. The molecule has 2 fully saturated rings. The SMILES string of the molecule is CCC(C)(C)[C@@H]1CCc2c(sc(NC(=O)[C@H]3[C@@H](C(=O)O)[C@H]4CC[C@@H]3O4)c2C(=O)OC)C1. The fourth-order valence-electron chi connectivity index (χ4n) is 5.47. The average molecular weight is 450 g/mol. The van der Waals surface area contributed by atoms with Crippen LogP contribution in [0.4, 0.5) is 5.00 Å². The van der Waals surface area contributed by atoms with Crippen molar-refractivity contribution in [1.29, 1.82) is 0 Å². The lowest BCUT2D eigenvalue weighted by molar-refractivity contribution is -0.147. The van der Waals surface area contributed by atoms with Crippen molar-refractivity contribution < 1.29 is 29.0 Å². The van der Waals surface area contributed by atoms with E-state index in [9.17, 15) is 19.5 Å². The maximum absolute atomic E-state index is 13.2. The second kappa shape index (κ2) is 8.20. The van der Waals surface area contributed by atoms with Gasteiger partial charge in [-0.3, -0.25) is 9.59 Å². The van der Waals surface area contributed by atoms with E-state index in [0.29, 0.717) is 29.3 Å². The Morgan fingerprint density at radius 1 is 1.19 bits per heavy atom. The van der Waals surface area contributed by atoms with Gasteiger partial charge < -0.3 is 19.9 Å². The lowest BCUT2D eigenvalue weighted by atomic mass is 9.69. The monoisotopic (exact) mass is 449 g/mol. The quantitative estimate of drug-likeness (QED) is 0.639. The van der Waals surface area contributed by atoms with E-state index in [2.05, 4.69) is 26.1 Å². The van der Waals surface area contributed by atoms with Gasteiger partial charge in [-0.1, -0.05) is 27.2 Å². The number of aliphatic carboxylic acids is 1. The average Bonchev–Trinajstić information content (AvgIpc) is 3.44. The minimum absolute atomic E-state index is 0.200. The maximum atomic E-state index is 13.2. The third-order valence-electron chi connectivity index (χ3n) is 7.77. The van der Waals surface area contributed by atoms with Gasteiger partial charge in [-0.25, -0.2) is 4.79 Å². The summed E-state index contributed by atoms with van der Waals surface area (Å²) in [6.45, 7) is 6.76. The normalized spacial score (nSPS) is 29.5. The zero-order chi connectivity index (χ0) is 22.5. The van der Waals surface area contributed by atoms with Gasteiger partial charge in [-0.2, -0.15) is 0 Å². The Labute approximate surface area is 186 Å². The predicted molar refractivity (Wildman–Crippen MR) is 116 cm³/mol. The van der Waals surface area contributed by atoms with E-state index in [1.54, 1.807) is 0 Å². The Balaban J connectivity index is 1.62. The first-order valence-corrected chi connectivity index (χ1v) is 11.9. The summed E-state index contributed by atoms with van der Waals surface area (Å²) in [6.07, 6.45) is 4.27. The van der Waals surface area contributed by atoms with Crippen molar-refractivity contribution in [2.45, 2.75) is 71.5 Å². The molecular formula is C23H31NO6S. The Bertz CT molecular complexity index is 906. The summed E-state index contributed by atoms with van der Waals surface area (Å²) in [5, 5.41) is 13.0. The van der Waals surface area contributed by atoms with Gasteiger partial charge in [-0.15, -0.1) is 11.3 Å².